The number of hydrogen-bond acceptors (Lipinski definition) is 4. The average molecular weight is 447 g/mol. The van der Waals surface area contributed by atoms with Crippen molar-refractivity contribution in [3.05, 3.63) is 63.9 Å². The highest BCUT2D eigenvalue weighted by Gasteiger charge is 2.47. The topological polar surface area (TPSA) is 62.5 Å². The molecular formula is C23H28Cl2N4O. The Morgan fingerprint density at radius 1 is 1.10 bits per heavy atom. The van der Waals surface area contributed by atoms with Crippen molar-refractivity contribution in [2.24, 2.45) is 11.1 Å². The van der Waals surface area contributed by atoms with Crippen LogP contribution in [0.15, 0.2) is 42.7 Å². The number of carbonyl (C=O) groups excluding carboxylic acids is 1. The van der Waals surface area contributed by atoms with E-state index in [2.05, 4.69) is 9.88 Å². The molecule has 30 heavy (non-hydrogen) atoms. The predicted octanol–water partition coefficient (Wildman–Crippen LogP) is 4.29. The van der Waals surface area contributed by atoms with E-state index in [1.54, 1.807) is 12.3 Å². The van der Waals surface area contributed by atoms with Gasteiger partial charge in [0, 0.05) is 31.5 Å². The molecule has 2 N–H and O–H groups in total. The Hall–Kier alpha value is -1.66. The normalized spacial score (nSPS) is 20.1. The number of pyridine rings is 1. The molecule has 4 rings (SSSR count). The molecule has 160 valence electrons. The molecule has 2 aromatic rings. The van der Waals surface area contributed by atoms with Crippen LogP contribution in [0, 0.1) is 5.41 Å². The van der Waals surface area contributed by atoms with Crippen LogP contribution in [0.25, 0.3) is 0 Å². The van der Waals surface area contributed by atoms with E-state index >= 15 is 0 Å². The average Bonchev–Trinajstić information content (AvgIpc) is 3.05. The fraction of sp³-hybridized carbons (Fsp3) is 0.478. The summed E-state index contributed by atoms with van der Waals surface area (Å²) in [4.78, 5) is 21.7. The van der Waals surface area contributed by atoms with Gasteiger partial charge >= 0.3 is 0 Å². The van der Waals surface area contributed by atoms with Crippen molar-refractivity contribution in [1.82, 2.24) is 14.8 Å². The summed E-state index contributed by atoms with van der Waals surface area (Å²) in [6.45, 7) is 4.32. The van der Waals surface area contributed by atoms with Gasteiger partial charge in [-0.15, -0.1) is 0 Å². The van der Waals surface area contributed by atoms with Gasteiger partial charge in [-0.3, -0.25) is 9.78 Å². The van der Waals surface area contributed by atoms with Crippen molar-refractivity contribution in [3.63, 3.8) is 0 Å². The SMILES string of the molecule is NC(CCN1CCC2(CC1)CCN(Cc1cccnc1)C2=O)c1ccc(Cl)c(Cl)c1. The van der Waals surface area contributed by atoms with Gasteiger partial charge in [0.05, 0.1) is 15.5 Å². The first-order chi connectivity index (χ1) is 14.5. The molecule has 0 aliphatic carbocycles. The molecular weight excluding hydrogens is 419 g/mol. The van der Waals surface area contributed by atoms with Gasteiger partial charge in [-0.2, -0.15) is 0 Å². The van der Waals surface area contributed by atoms with Crippen molar-refractivity contribution < 1.29 is 4.79 Å². The summed E-state index contributed by atoms with van der Waals surface area (Å²) in [5.41, 5.74) is 8.29. The van der Waals surface area contributed by atoms with E-state index in [-0.39, 0.29) is 11.5 Å². The molecule has 1 amide bonds. The Morgan fingerprint density at radius 2 is 1.87 bits per heavy atom. The quantitative estimate of drug-likeness (QED) is 0.718. The van der Waals surface area contributed by atoms with Crippen LogP contribution in [0.5, 0.6) is 0 Å². The van der Waals surface area contributed by atoms with Crippen LogP contribution in [-0.4, -0.2) is 46.9 Å². The lowest BCUT2D eigenvalue weighted by atomic mass is 9.77. The first-order valence-electron chi connectivity index (χ1n) is 10.6. The van der Waals surface area contributed by atoms with Crippen LogP contribution in [-0.2, 0) is 11.3 Å². The molecule has 1 spiro atoms. The fourth-order valence-electron chi connectivity index (χ4n) is 4.66. The Morgan fingerprint density at radius 3 is 2.57 bits per heavy atom. The molecule has 3 heterocycles. The van der Waals surface area contributed by atoms with E-state index in [9.17, 15) is 4.79 Å². The minimum Gasteiger partial charge on any atom is -0.338 e. The van der Waals surface area contributed by atoms with E-state index in [4.69, 9.17) is 28.9 Å². The summed E-state index contributed by atoms with van der Waals surface area (Å²) in [5, 5.41) is 1.09. The van der Waals surface area contributed by atoms with E-state index in [0.29, 0.717) is 22.5 Å². The molecule has 2 saturated heterocycles. The summed E-state index contributed by atoms with van der Waals surface area (Å²) in [6.07, 6.45) is 7.28. The number of nitrogens with two attached hydrogens (primary N) is 1. The maximum Gasteiger partial charge on any atom is 0.229 e. The summed E-state index contributed by atoms with van der Waals surface area (Å²) < 4.78 is 0. The lowest BCUT2D eigenvalue weighted by molar-refractivity contribution is -0.138. The third-order valence-electron chi connectivity index (χ3n) is 6.64. The number of nitrogens with zero attached hydrogens (tertiary/aromatic N) is 3. The number of rotatable bonds is 6. The zero-order valence-corrected chi connectivity index (χ0v) is 18.6. The van der Waals surface area contributed by atoms with E-state index in [0.717, 1.165) is 63.0 Å². The van der Waals surface area contributed by atoms with Gasteiger partial charge in [0.25, 0.3) is 0 Å². The van der Waals surface area contributed by atoms with Gasteiger partial charge in [-0.05, 0) is 74.6 Å². The lowest BCUT2D eigenvalue weighted by Gasteiger charge is -2.38. The fourth-order valence-corrected chi connectivity index (χ4v) is 4.96. The third-order valence-corrected chi connectivity index (χ3v) is 7.38. The van der Waals surface area contributed by atoms with Crippen molar-refractivity contribution in [2.45, 2.75) is 38.3 Å². The van der Waals surface area contributed by atoms with E-state index < -0.39 is 0 Å². The Bertz CT molecular complexity index is 884. The Kier molecular flexibility index (Phi) is 6.63. The van der Waals surface area contributed by atoms with Crippen molar-refractivity contribution in [2.75, 3.05) is 26.2 Å². The molecule has 5 nitrogen and oxygen atoms in total. The van der Waals surface area contributed by atoms with Crippen LogP contribution in [0.3, 0.4) is 0 Å². The van der Waals surface area contributed by atoms with Crippen LogP contribution >= 0.6 is 23.2 Å². The van der Waals surface area contributed by atoms with Gasteiger partial charge < -0.3 is 15.5 Å². The third kappa shape index (κ3) is 4.65. The number of hydrogen-bond donors (Lipinski definition) is 1. The second-order valence-electron chi connectivity index (χ2n) is 8.53. The largest absolute Gasteiger partial charge is 0.338 e. The summed E-state index contributed by atoms with van der Waals surface area (Å²) in [5.74, 6) is 0.318. The molecule has 2 aliphatic heterocycles. The van der Waals surface area contributed by atoms with E-state index in [1.165, 1.54) is 0 Å². The standard InChI is InChI=1S/C23H28Cl2N4O/c24-19-4-3-18(14-20(19)25)21(26)5-10-28-11-6-23(7-12-28)8-13-29(22(23)30)16-17-2-1-9-27-15-17/h1-4,9,14-15,21H,5-8,10-13,16,26H2. The number of likely N-dealkylation sites (tertiary alicyclic amines) is 2. The molecule has 0 bridgehead atoms. The molecule has 1 atom stereocenters. The molecule has 2 fully saturated rings. The summed E-state index contributed by atoms with van der Waals surface area (Å²) in [6, 6.07) is 9.48. The minimum atomic E-state index is -0.176. The van der Waals surface area contributed by atoms with E-state index in [1.807, 2.05) is 35.4 Å². The molecule has 1 unspecified atom stereocenters. The summed E-state index contributed by atoms with van der Waals surface area (Å²) in [7, 11) is 0. The number of benzene rings is 1. The number of carbonyl (C=O) groups is 1. The van der Waals surface area contributed by atoms with Crippen LogP contribution < -0.4 is 5.73 Å². The molecule has 0 saturated carbocycles. The second-order valence-corrected chi connectivity index (χ2v) is 9.34. The Labute approximate surface area is 188 Å². The van der Waals surface area contributed by atoms with Crippen LogP contribution in [0.4, 0.5) is 0 Å². The second kappa shape index (κ2) is 9.23. The molecule has 1 aromatic heterocycles. The van der Waals surface area contributed by atoms with Crippen molar-refractivity contribution in [1.29, 1.82) is 0 Å². The van der Waals surface area contributed by atoms with Gasteiger partial charge in [0.1, 0.15) is 0 Å². The number of piperidine rings is 1. The molecule has 7 heteroatoms. The molecule has 2 aliphatic rings. The number of amides is 1. The highest BCUT2D eigenvalue weighted by Crippen LogP contribution is 2.42. The van der Waals surface area contributed by atoms with Gasteiger partial charge in [0.2, 0.25) is 5.91 Å². The highest BCUT2D eigenvalue weighted by molar-refractivity contribution is 6.42. The zero-order valence-electron chi connectivity index (χ0n) is 17.1. The maximum atomic E-state index is 13.1. The van der Waals surface area contributed by atoms with Gasteiger partial charge in [-0.1, -0.05) is 35.3 Å². The predicted molar refractivity (Wildman–Crippen MR) is 120 cm³/mol. The monoisotopic (exact) mass is 446 g/mol. The first kappa shape index (κ1) is 21.6. The number of aromatic nitrogens is 1. The summed E-state index contributed by atoms with van der Waals surface area (Å²) >= 11 is 12.1. The van der Waals surface area contributed by atoms with Crippen LogP contribution in [0.2, 0.25) is 10.0 Å². The smallest absolute Gasteiger partial charge is 0.229 e. The molecule has 0 radical (unpaired) electrons. The maximum absolute atomic E-state index is 13.1. The molecule has 1 aromatic carbocycles. The van der Waals surface area contributed by atoms with Crippen LogP contribution in [0.1, 0.15) is 42.9 Å². The van der Waals surface area contributed by atoms with Crippen molar-refractivity contribution >= 4 is 29.1 Å². The lowest BCUT2D eigenvalue weighted by Crippen LogP contribution is -2.45. The van der Waals surface area contributed by atoms with Gasteiger partial charge in [-0.25, -0.2) is 0 Å². The van der Waals surface area contributed by atoms with Gasteiger partial charge in [0.15, 0.2) is 0 Å². The zero-order chi connectivity index (χ0) is 21.1. The first-order valence-corrected chi connectivity index (χ1v) is 11.3. The highest BCUT2D eigenvalue weighted by atomic mass is 35.5. The number of halogens is 2. The minimum absolute atomic E-state index is 0.0706. The van der Waals surface area contributed by atoms with Crippen molar-refractivity contribution in [3.8, 4) is 0 Å². The Balaban J connectivity index is 1.27.